The van der Waals surface area contributed by atoms with Gasteiger partial charge in [0.15, 0.2) is 0 Å². The molecule has 0 fully saturated rings. The molecule has 0 aromatic heterocycles. The molecule has 3 heteroatoms. The number of hydrogen-bond donors (Lipinski definition) is 2. The second kappa shape index (κ2) is 5.98. The van der Waals surface area contributed by atoms with Crippen molar-refractivity contribution in [3.63, 3.8) is 0 Å². The van der Waals surface area contributed by atoms with E-state index in [4.69, 9.17) is 0 Å². The zero-order valence-corrected chi connectivity index (χ0v) is 13.5. The molecule has 0 saturated heterocycles. The molecule has 0 saturated carbocycles. The van der Waals surface area contributed by atoms with Crippen molar-refractivity contribution < 1.29 is 0 Å². The lowest BCUT2D eigenvalue weighted by molar-refractivity contribution is 0.556. The van der Waals surface area contributed by atoms with Crippen LogP contribution in [0.15, 0.2) is 25.3 Å². The minimum atomic E-state index is -1.88. The Morgan fingerprint density at radius 3 is 1.29 bits per heavy atom. The second-order valence-corrected chi connectivity index (χ2v) is 11.8. The number of rotatable bonds is 6. The minimum absolute atomic E-state index is 0.220. The zero-order chi connectivity index (χ0) is 13.7. The molecule has 0 aliphatic carbocycles. The van der Waals surface area contributed by atoms with Gasteiger partial charge in [-0.25, -0.2) is 0 Å². The van der Waals surface area contributed by atoms with Crippen LogP contribution in [0.25, 0.3) is 0 Å². The van der Waals surface area contributed by atoms with Crippen molar-refractivity contribution in [3.8, 4) is 0 Å². The highest BCUT2D eigenvalue weighted by Gasteiger charge is 2.53. The zero-order valence-electron chi connectivity index (χ0n) is 12.5. The van der Waals surface area contributed by atoms with Crippen LogP contribution in [0.4, 0.5) is 0 Å². The lowest BCUT2D eigenvalue weighted by Crippen LogP contribution is -2.72. The first-order valence-corrected chi connectivity index (χ1v) is 8.34. The Hall–Kier alpha value is -0.383. The Labute approximate surface area is 109 Å². The molecule has 0 spiro atoms. The van der Waals surface area contributed by atoms with Crippen molar-refractivity contribution in [3.05, 3.63) is 25.3 Å². The molecule has 0 aromatic carbocycles. The fourth-order valence-corrected chi connectivity index (χ4v) is 8.10. The van der Waals surface area contributed by atoms with Crippen LogP contribution in [-0.4, -0.2) is 21.5 Å². The maximum atomic E-state index is 3.82. The van der Waals surface area contributed by atoms with Gasteiger partial charge in [0.2, 0.25) is 8.40 Å². The second-order valence-electron chi connectivity index (χ2n) is 6.59. The molecule has 0 atom stereocenters. The quantitative estimate of drug-likeness (QED) is 0.559. The molecule has 0 radical (unpaired) electrons. The third-order valence-electron chi connectivity index (χ3n) is 3.27. The van der Waals surface area contributed by atoms with Gasteiger partial charge < -0.3 is 9.96 Å². The molecule has 0 amide bonds. The molecule has 0 unspecified atom stereocenters. The van der Waals surface area contributed by atoms with Gasteiger partial charge in [0.05, 0.1) is 0 Å². The monoisotopic (exact) mass is 254 g/mol. The van der Waals surface area contributed by atoms with E-state index in [0.717, 1.165) is 13.1 Å². The van der Waals surface area contributed by atoms with E-state index < -0.39 is 8.40 Å². The maximum absolute atomic E-state index is 3.82. The predicted octanol–water partition coefficient (Wildman–Crippen LogP) is 3.58. The summed E-state index contributed by atoms with van der Waals surface area (Å²) in [6, 6.07) is 0. The molecule has 0 rings (SSSR count). The third-order valence-corrected chi connectivity index (χ3v) is 9.24. The standard InChI is InChI=1S/C14H30N2Si/c1-9-11-15-17(13(3,4)5,14(6,7)8)16-12-10-2/h9-10,15-16H,1-2,11-12H2,3-8H3. The predicted molar refractivity (Wildman–Crippen MR) is 81.6 cm³/mol. The van der Waals surface area contributed by atoms with Crippen LogP contribution in [0.5, 0.6) is 0 Å². The van der Waals surface area contributed by atoms with E-state index in [1.165, 1.54) is 0 Å². The highest BCUT2D eigenvalue weighted by atomic mass is 28.3. The summed E-state index contributed by atoms with van der Waals surface area (Å²) >= 11 is 0. The van der Waals surface area contributed by atoms with E-state index in [0.29, 0.717) is 0 Å². The van der Waals surface area contributed by atoms with Crippen LogP contribution in [0.3, 0.4) is 0 Å². The molecule has 2 nitrogen and oxygen atoms in total. The molecule has 2 N–H and O–H groups in total. The fourth-order valence-electron chi connectivity index (χ4n) is 2.70. The van der Waals surface area contributed by atoms with Crippen LogP contribution < -0.4 is 9.96 Å². The highest BCUT2D eigenvalue weighted by Crippen LogP contribution is 2.47. The summed E-state index contributed by atoms with van der Waals surface area (Å²) in [5.74, 6) is 0. The molecule has 0 bridgehead atoms. The molecular weight excluding hydrogens is 224 g/mol. The maximum Gasteiger partial charge on any atom is 0.212 e. The number of nitrogens with one attached hydrogen (secondary N) is 2. The first kappa shape index (κ1) is 16.6. The summed E-state index contributed by atoms with van der Waals surface area (Å²) in [4.78, 5) is 7.52. The summed E-state index contributed by atoms with van der Waals surface area (Å²) in [5, 5.41) is 0.439. The average molecular weight is 254 g/mol. The molecule has 100 valence electrons. The summed E-state index contributed by atoms with van der Waals surface area (Å²) in [5.41, 5.74) is 0. The Kier molecular flexibility index (Phi) is 5.85. The Balaban J connectivity index is 5.36. The van der Waals surface area contributed by atoms with Crippen LogP contribution >= 0.6 is 0 Å². The largest absolute Gasteiger partial charge is 0.321 e. The van der Waals surface area contributed by atoms with Gasteiger partial charge in [-0.15, -0.1) is 13.2 Å². The SMILES string of the molecule is C=CCN[Si](NCC=C)(C(C)(C)C)C(C)(C)C. The van der Waals surface area contributed by atoms with Gasteiger partial charge in [-0.1, -0.05) is 53.7 Å². The van der Waals surface area contributed by atoms with E-state index in [1.807, 2.05) is 12.2 Å². The third kappa shape index (κ3) is 3.80. The van der Waals surface area contributed by atoms with Crippen LogP contribution in [0, 0.1) is 0 Å². The van der Waals surface area contributed by atoms with Gasteiger partial charge >= 0.3 is 0 Å². The Morgan fingerprint density at radius 1 is 0.824 bits per heavy atom. The van der Waals surface area contributed by atoms with Gasteiger partial charge in [0, 0.05) is 13.1 Å². The highest BCUT2D eigenvalue weighted by molar-refractivity contribution is 6.80. The van der Waals surface area contributed by atoms with Crippen LogP contribution in [0.1, 0.15) is 41.5 Å². The summed E-state index contributed by atoms with van der Waals surface area (Å²) < 4.78 is 0. The van der Waals surface area contributed by atoms with Crippen molar-refractivity contribution >= 4 is 8.40 Å². The van der Waals surface area contributed by atoms with Crippen molar-refractivity contribution in [1.82, 2.24) is 9.96 Å². The van der Waals surface area contributed by atoms with E-state index in [1.54, 1.807) is 0 Å². The normalized spacial score (nSPS) is 13.5. The Morgan fingerprint density at radius 2 is 1.12 bits per heavy atom. The summed E-state index contributed by atoms with van der Waals surface area (Å²) in [6.07, 6.45) is 3.88. The van der Waals surface area contributed by atoms with Crippen molar-refractivity contribution in [2.24, 2.45) is 0 Å². The molecular formula is C14H30N2Si. The molecule has 0 aromatic rings. The molecule has 0 aliphatic heterocycles. The van der Waals surface area contributed by atoms with Crippen molar-refractivity contribution in [2.75, 3.05) is 13.1 Å². The fraction of sp³-hybridized carbons (Fsp3) is 0.714. The Bertz CT molecular complexity index is 230. The van der Waals surface area contributed by atoms with Gasteiger partial charge in [0.25, 0.3) is 0 Å². The smallest absolute Gasteiger partial charge is 0.212 e. The van der Waals surface area contributed by atoms with E-state index in [2.05, 4.69) is 64.7 Å². The van der Waals surface area contributed by atoms with Crippen molar-refractivity contribution in [1.29, 1.82) is 0 Å². The first-order chi connectivity index (χ1) is 7.62. The van der Waals surface area contributed by atoms with Crippen LogP contribution in [-0.2, 0) is 0 Å². The van der Waals surface area contributed by atoms with Crippen LogP contribution in [0.2, 0.25) is 10.1 Å². The topological polar surface area (TPSA) is 24.1 Å². The minimum Gasteiger partial charge on any atom is -0.321 e. The van der Waals surface area contributed by atoms with Gasteiger partial charge in [-0.3, -0.25) is 0 Å². The summed E-state index contributed by atoms with van der Waals surface area (Å²) in [7, 11) is -1.88. The lowest BCUT2D eigenvalue weighted by Gasteiger charge is -2.52. The number of hydrogen-bond acceptors (Lipinski definition) is 2. The van der Waals surface area contributed by atoms with Gasteiger partial charge in [-0.05, 0) is 10.1 Å². The molecule has 0 heterocycles. The van der Waals surface area contributed by atoms with E-state index in [9.17, 15) is 0 Å². The first-order valence-electron chi connectivity index (χ1n) is 6.34. The van der Waals surface area contributed by atoms with Gasteiger partial charge in [0.1, 0.15) is 0 Å². The summed E-state index contributed by atoms with van der Waals surface area (Å²) in [6.45, 7) is 23.2. The molecule has 17 heavy (non-hydrogen) atoms. The van der Waals surface area contributed by atoms with E-state index in [-0.39, 0.29) is 10.1 Å². The average Bonchev–Trinajstić information content (AvgIpc) is 2.14. The van der Waals surface area contributed by atoms with E-state index >= 15 is 0 Å². The van der Waals surface area contributed by atoms with Gasteiger partial charge in [-0.2, -0.15) is 0 Å². The lowest BCUT2D eigenvalue weighted by atomic mass is 10.2. The van der Waals surface area contributed by atoms with Crippen molar-refractivity contribution in [2.45, 2.75) is 51.6 Å². The molecule has 0 aliphatic rings.